The van der Waals surface area contributed by atoms with Gasteiger partial charge in [0, 0.05) is 11.8 Å². The monoisotopic (exact) mass is 342 g/mol. The van der Waals surface area contributed by atoms with E-state index in [1.807, 2.05) is 48.5 Å². The van der Waals surface area contributed by atoms with Crippen LogP contribution in [-0.4, -0.2) is 18.8 Å². The van der Waals surface area contributed by atoms with Crippen LogP contribution in [0.1, 0.15) is 18.5 Å². The van der Waals surface area contributed by atoms with E-state index in [1.54, 1.807) is 13.2 Å². The molecule has 0 aliphatic carbocycles. The Hall–Kier alpha value is -2.53. The van der Waals surface area contributed by atoms with Gasteiger partial charge in [-0.05, 0) is 49.0 Å². The molecule has 0 fully saturated rings. The van der Waals surface area contributed by atoms with Crippen LogP contribution in [0, 0.1) is 0 Å². The van der Waals surface area contributed by atoms with Gasteiger partial charge in [-0.2, -0.15) is 0 Å². The number of thiocarbonyl (C=S) groups is 1. The first-order valence-electron chi connectivity index (χ1n) is 7.67. The summed E-state index contributed by atoms with van der Waals surface area (Å²) in [7, 11) is 1.66. The van der Waals surface area contributed by atoms with Crippen LogP contribution in [0.3, 0.4) is 0 Å². The quantitative estimate of drug-likeness (QED) is 0.580. The molecule has 24 heavy (non-hydrogen) atoms. The summed E-state index contributed by atoms with van der Waals surface area (Å²) in [5.41, 5.74) is 2.00. The first-order valence-corrected chi connectivity index (χ1v) is 8.08. The van der Waals surface area contributed by atoms with Crippen molar-refractivity contribution in [3.63, 3.8) is 0 Å². The van der Waals surface area contributed by atoms with Crippen molar-refractivity contribution in [2.24, 2.45) is 0 Å². The molecular weight excluding hydrogens is 320 g/mol. The lowest BCUT2D eigenvalue weighted by atomic mass is 10.1. The number of nitrogens with one attached hydrogen (secondary N) is 2. The van der Waals surface area contributed by atoms with E-state index in [4.69, 9.17) is 21.7 Å². The fourth-order valence-electron chi connectivity index (χ4n) is 2.16. The summed E-state index contributed by atoms with van der Waals surface area (Å²) in [4.78, 5) is 0. The van der Waals surface area contributed by atoms with Gasteiger partial charge in [-0.3, -0.25) is 0 Å². The van der Waals surface area contributed by atoms with Gasteiger partial charge in [0.05, 0.1) is 13.2 Å². The van der Waals surface area contributed by atoms with E-state index in [-0.39, 0.29) is 6.04 Å². The van der Waals surface area contributed by atoms with Gasteiger partial charge in [0.25, 0.3) is 0 Å². The highest BCUT2D eigenvalue weighted by Gasteiger charge is 2.07. The summed E-state index contributed by atoms with van der Waals surface area (Å²) in [6, 6.07) is 15.6. The highest BCUT2D eigenvalue weighted by Crippen LogP contribution is 2.19. The predicted octanol–water partition coefficient (Wildman–Crippen LogP) is 4.31. The molecule has 0 saturated heterocycles. The van der Waals surface area contributed by atoms with Crippen molar-refractivity contribution in [2.45, 2.75) is 13.0 Å². The standard InChI is InChI=1S/C19H22N2O2S/c1-4-12-23-18-7-5-6-16(13-18)21-19(24)20-14(2)15-8-10-17(22-3)11-9-15/h4-11,13-14H,1,12H2,2-3H3,(H2,20,21,24)/t14-/m1/s1. The Labute approximate surface area is 148 Å². The molecule has 1 atom stereocenters. The zero-order valence-corrected chi connectivity index (χ0v) is 14.7. The van der Waals surface area contributed by atoms with Crippen molar-refractivity contribution in [1.82, 2.24) is 5.32 Å². The molecule has 0 amide bonds. The van der Waals surface area contributed by atoms with E-state index in [0.29, 0.717) is 11.7 Å². The maximum absolute atomic E-state index is 5.52. The van der Waals surface area contributed by atoms with Gasteiger partial charge >= 0.3 is 0 Å². The molecule has 2 aromatic rings. The number of methoxy groups -OCH3 is 1. The molecule has 0 bridgehead atoms. The van der Waals surface area contributed by atoms with E-state index in [2.05, 4.69) is 24.1 Å². The molecule has 0 aliphatic rings. The molecule has 0 heterocycles. The first-order chi connectivity index (χ1) is 11.6. The van der Waals surface area contributed by atoms with Gasteiger partial charge in [0.15, 0.2) is 5.11 Å². The van der Waals surface area contributed by atoms with Gasteiger partial charge in [0.2, 0.25) is 0 Å². The molecule has 5 heteroatoms. The van der Waals surface area contributed by atoms with Crippen LogP contribution < -0.4 is 20.1 Å². The van der Waals surface area contributed by atoms with Crippen molar-refractivity contribution in [1.29, 1.82) is 0 Å². The van der Waals surface area contributed by atoms with Gasteiger partial charge in [0.1, 0.15) is 18.1 Å². The van der Waals surface area contributed by atoms with Crippen molar-refractivity contribution >= 4 is 23.0 Å². The second-order valence-corrected chi connectivity index (χ2v) is 5.63. The minimum Gasteiger partial charge on any atom is -0.497 e. The minimum absolute atomic E-state index is 0.0797. The Kier molecular flexibility index (Phi) is 6.63. The minimum atomic E-state index is 0.0797. The van der Waals surface area contributed by atoms with E-state index in [0.717, 1.165) is 22.7 Å². The highest BCUT2D eigenvalue weighted by atomic mass is 32.1. The van der Waals surface area contributed by atoms with Crippen LogP contribution in [0.2, 0.25) is 0 Å². The topological polar surface area (TPSA) is 42.5 Å². The smallest absolute Gasteiger partial charge is 0.171 e. The molecule has 4 nitrogen and oxygen atoms in total. The van der Waals surface area contributed by atoms with Crippen LogP contribution >= 0.6 is 12.2 Å². The number of hydrogen-bond acceptors (Lipinski definition) is 3. The molecule has 2 N–H and O–H groups in total. The number of benzene rings is 2. The molecule has 2 aromatic carbocycles. The summed E-state index contributed by atoms with van der Waals surface area (Å²) < 4.78 is 10.7. The molecule has 0 unspecified atom stereocenters. The zero-order valence-electron chi connectivity index (χ0n) is 13.9. The lowest BCUT2D eigenvalue weighted by molar-refractivity contribution is 0.363. The maximum atomic E-state index is 5.52. The summed E-state index contributed by atoms with van der Waals surface area (Å²) in [5.74, 6) is 1.61. The van der Waals surface area contributed by atoms with Gasteiger partial charge in [-0.25, -0.2) is 0 Å². The Morgan fingerprint density at radius 3 is 2.62 bits per heavy atom. The van der Waals surface area contributed by atoms with Crippen molar-refractivity contribution in [2.75, 3.05) is 19.0 Å². The molecule has 0 saturated carbocycles. The van der Waals surface area contributed by atoms with E-state index in [1.165, 1.54) is 0 Å². The Morgan fingerprint density at radius 1 is 1.21 bits per heavy atom. The maximum Gasteiger partial charge on any atom is 0.171 e. The van der Waals surface area contributed by atoms with Crippen LogP contribution in [-0.2, 0) is 0 Å². The fraction of sp³-hybridized carbons (Fsp3) is 0.211. The number of hydrogen-bond donors (Lipinski definition) is 2. The fourth-order valence-corrected chi connectivity index (χ4v) is 2.45. The third-order valence-corrected chi connectivity index (χ3v) is 3.64. The summed E-state index contributed by atoms with van der Waals surface area (Å²) in [6.45, 7) is 6.17. The Balaban J connectivity index is 1.93. The normalized spacial score (nSPS) is 11.2. The Bertz CT molecular complexity index is 686. The van der Waals surface area contributed by atoms with Crippen LogP contribution in [0.15, 0.2) is 61.2 Å². The molecule has 126 valence electrons. The second-order valence-electron chi connectivity index (χ2n) is 5.22. The SMILES string of the molecule is C=CCOc1cccc(NC(=S)N[C@H](C)c2ccc(OC)cc2)c1. The van der Waals surface area contributed by atoms with Crippen molar-refractivity contribution < 1.29 is 9.47 Å². The molecule has 0 radical (unpaired) electrons. The second kappa shape index (κ2) is 8.93. The first kappa shape index (κ1) is 17.8. The van der Waals surface area contributed by atoms with E-state index in [9.17, 15) is 0 Å². The average Bonchev–Trinajstić information content (AvgIpc) is 2.60. The third-order valence-electron chi connectivity index (χ3n) is 3.42. The van der Waals surface area contributed by atoms with E-state index >= 15 is 0 Å². The summed E-state index contributed by atoms with van der Waals surface area (Å²) in [6.07, 6.45) is 1.71. The largest absolute Gasteiger partial charge is 0.497 e. The molecule has 0 aliphatic heterocycles. The van der Waals surface area contributed by atoms with Crippen LogP contribution in [0.4, 0.5) is 5.69 Å². The lowest BCUT2D eigenvalue weighted by Gasteiger charge is -2.18. The van der Waals surface area contributed by atoms with Gasteiger partial charge in [-0.1, -0.05) is 30.9 Å². The summed E-state index contributed by atoms with van der Waals surface area (Å²) in [5, 5.41) is 6.99. The molecular formula is C19H22N2O2S. The van der Waals surface area contributed by atoms with Crippen LogP contribution in [0.25, 0.3) is 0 Å². The summed E-state index contributed by atoms with van der Waals surface area (Å²) >= 11 is 5.39. The highest BCUT2D eigenvalue weighted by molar-refractivity contribution is 7.80. The van der Waals surface area contributed by atoms with Crippen LogP contribution in [0.5, 0.6) is 11.5 Å². The van der Waals surface area contributed by atoms with Crippen molar-refractivity contribution in [3.8, 4) is 11.5 Å². The van der Waals surface area contributed by atoms with Gasteiger partial charge < -0.3 is 20.1 Å². The molecule has 2 rings (SSSR count). The molecule has 0 aromatic heterocycles. The lowest BCUT2D eigenvalue weighted by Crippen LogP contribution is -2.30. The predicted molar refractivity (Wildman–Crippen MR) is 103 cm³/mol. The number of anilines is 1. The third kappa shape index (κ3) is 5.28. The van der Waals surface area contributed by atoms with Crippen molar-refractivity contribution in [3.05, 3.63) is 66.7 Å². The van der Waals surface area contributed by atoms with E-state index < -0.39 is 0 Å². The number of rotatable bonds is 7. The van der Waals surface area contributed by atoms with Gasteiger partial charge in [-0.15, -0.1) is 0 Å². The number of ether oxygens (including phenoxy) is 2. The average molecular weight is 342 g/mol. The zero-order chi connectivity index (χ0) is 17.4. The molecule has 0 spiro atoms. The Morgan fingerprint density at radius 2 is 1.96 bits per heavy atom.